The number of carbonyl (C=O) groups is 3. The number of carbonyl (C=O) groups excluding carboxylic acids is 3. The van der Waals surface area contributed by atoms with Gasteiger partial charge in [0, 0.05) is 55.4 Å². The summed E-state index contributed by atoms with van der Waals surface area (Å²) in [6.45, 7) is 16.7. The van der Waals surface area contributed by atoms with E-state index in [0.29, 0.717) is 52.0 Å². The molecule has 7 rings (SSSR count). The molecule has 1 heterocycles. The van der Waals surface area contributed by atoms with Gasteiger partial charge >= 0.3 is 17.9 Å². The largest absolute Gasteiger partial charge is 1.00 e. The standard InChI is InChI=1S/C22H25NP.C18H15P.C12H25N3O2.C11H23NO2.C6H11BrO2.C4H10BrN.C4H6N4.3BrH.2ClH/c23-18-10-11-19-24(20-12-4-1-5-13-20,21-14-6-2-7-15-21)22-16-8-3-9-17-22;1-4-10-16(11-5-1)19(17-12-6-2-7-13-17)18-14-8-3-9-15-18;1-3-5-6-9-15(12(13)14)10-7-8-11(16)17-4-2;1-3-5-6-9-12-10-7-8-11(13)14-4-2;1-2-9-6(8)4-3-5-7;5-3-1-2-4-6;5-4(6)8-3-1-2-7-8;;;;;/h1-9,12-17H,10-11,18-19,23H2;1-15H;3-10H2,1-2H3,(H3,13,14);12H,3-10H2,1-2H3;2-5H2,1H3;1-4,6H2;1-3H,(H3,5,6);5*1H/q+1;;;;;;;;;;;/p-3. The number of aromatic nitrogens is 2. The van der Waals surface area contributed by atoms with Gasteiger partial charge in [-0.15, -0.1) is 0 Å². The first-order valence-corrected chi connectivity index (χ1v) is 40.1. The predicted octanol–water partition coefficient (Wildman–Crippen LogP) is -2.96. The number of nitrogens with two attached hydrogens (primary N) is 2. The topological polar surface area (TPSA) is 267 Å². The fourth-order valence-corrected chi connectivity index (χ4v) is 16.9. The molecule has 0 radical (unpaired) electrons. The second-order valence-electron chi connectivity index (χ2n) is 22.0. The van der Waals surface area contributed by atoms with Gasteiger partial charge in [0.15, 0.2) is 5.96 Å². The summed E-state index contributed by atoms with van der Waals surface area (Å²) in [7, 11) is -2.06. The molecule has 0 amide bonds. The number of alkyl halides is 2. The van der Waals surface area contributed by atoms with E-state index >= 15 is 0 Å². The molecule has 0 unspecified atom stereocenters. The highest BCUT2D eigenvalue weighted by Crippen LogP contribution is 2.55. The van der Waals surface area contributed by atoms with Crippen LogP contribution in [0.5, 0.6) is 0 Å². The van der Waals surface area contributed by atoms with Crippen LogP contribution in [0, 0.1) is 10.8 Å². The predicted molar refractivity (Wildman–Crippen MR) is 419 cm³/mol. The Balaban J connectivity index is -0.000000370. The van der Waals surface area contributed by atoms with E-state index in [-0.39, 0.29) is 106 Å². The average Bonchev–Trinajstić information content (AvgIpc) is 0.797. The molecular weight excluding hydrogens is 1690 g/mol. The van der Waals surface area contributed by atoms with Crippen LogP contribution >= 0.6 is 47.0 Å². The monoisotopic (exact) mass is 1800 g/mol. The highest BCUT2D eigenvalue weighted by atomic mass is 79.9. The molecule has 7 aromatic rings. The van der Waals surface area contributed by atoms with Crippen molar-refractivity contribution in [2.24, 2.45) is 11.5 Å². The summed E-state index contributed by atoms with van der Waals surface area (Å²) in [6.07, 6.45) is 20.3. The van der Waals surface area contributed by atoms with Crippen LogP contribution in [0.4, 0.5) is 0 Å². The van der Waals surface area contributed by atoms with Crippen molar-refractivity contribution >= 4 is 109 Å². The number of quaternary nitrogens is 2. The number of nitrogens with zero attached hydrogens (tertiary/aromatic N) is 3. The highest BCUT2D eigenvalue weighted by Gasteiger charge is 2.44. The lowest BCUT2D eigenvalue weighted by Gasteiger charge is -2.27. The Kier molecular flexibility index (Phi) is 76.2. The van der Waals surface area contributed by atoms with Crippen LogP contribution in [0.15, 0.2) is 200 Å². The number of rotatable bonds is 35. The van der Waals surface area contributed by atoms with Crippen LogP contribution in [0.1, 0.15) is 137 Å². The molecule has 0 atom stereocenters. The van der Waals surface area contributed by atoms with Gasteiger partial charge in [-0.05, 0) is 158 Å². The van der Waals surface area contributed by atoms with Crippen molar-refractivity contribution in [1.82, 2.24) is 20.0 Å². The number of unbranched alkanes of at least 4 members (excludes halogenated alkanes) is 6. The Morgan fingerprint density at radius 2 is 0.843 bits per heavy atom. The van der Waals surface area contributed by atoms with E-state index in [1.807, 2.05) is 18.7 Å². The van der Waals surface area contributed by atoms with Gasteiger partial charge in [-0.3, -0.25) is 25.2 Å². The zero-order valence-corrected chi connectivity index (χ0v) is 72.0. The lowest BCUT2D eigenvalue weighted by atomic mass is 10.2. The molecule has 0 saturated carbocycles. The Morgan fingerprint density at radius 1 is 0.490 bits per heavy atom. The van der Waals surface area contributed by atoms with E-state index in [1.165, 1.54) is 87.6 Å². The Morgan fingerprint density at radius 3 is 1.17 bits per heavy atom. The van der Waals surface area contributed by atoms with Gasteiger partial charge in [0.1, 0.15) is 23.2 Å². The number of nitrogens with one attached hydrogen (secondary N) is 3. The summed E-state index contributed by atoms with van der Waals surface area (Å²) >= 11 is 6.54. The molecule has 572 valence electrons. The summed E-state index contributed by atoms with van der Waals surface area (Å²) < 4.78 is 15.6. The van der Waals surface area contributed by atoms with Gasteiger partial charge in [0.05, 0.1) is 39.1 Å². The van der Waals surface area contributed by atoms with Gasteiger partial charge in [-0.2, -0.15) is 5.10 Å². The molecule has 13 N–H and O–H groups in total. The zero-order chi connectivity index (χ0) is 71.3. The summed E-state index contributed by atoms with van der Waals surface area (Å²) in [6, 6.07) is 67.4. The Hall–Kier alpha value is -4.60. The number of hydrogen-bond acceptors (Lipinski definition) is 10. The second-order valence-corrected chi connectivity index (χ2v) is 29.4. The Bertz CT molecular complexity index is 2820. The van der Waals surface area contributed by atoms with Crippen molar-refractivity contribution in [3.63, 3.8) is 0 Å². The molecule has 0 aliphatic rings. The second kappa shape index (κ2) is 73.3. The van der Waals surface area contributed by atoms with E-state index < -0.39 is 15.2 Å². The SMILES string of the molecule is CCCCCN(CCCC(=O)OCC)C(=N)N.CCCCCNCCCC(=O)OCC.CCOC(=O)CCCBr.N=C(N)n1cccn1.[Br-].[Br-].[Br-].[Cl-].[Cl-].[NH3+]CCCCBr.[NH3+]CCCC[P+](c1ccccc1)(c1ccccc1)c1ccccc1.c1ccc(P(c2ccccc2)c2ccccc2)cc1. The van der Waals surface area contributed by atoms with Crippen LogP contribution in [0.25, 0.3) is 0 Å². The summed E-state index contributed by atoms with van der Waals surface area (Å²) in [4.78, 5) is 34.4. The van der Waals surface area contributed by atoms with E-state index in [2.05, 4.69) is 254 Å². The molecule has 0 bridgehead atoms. The number of nitrogen functional groups attached to an aromatic ring is 1. The van der Waals surface area contributed by atoms with E-state index in [0.717, 1.165) is 75.5 Å². The minimum absolute atomic E-state index is 0. The third kappa shape index (κ3) is 50.0. The van der Waals surface area contributed by atoms with Crippen LogP contribution in [-0.2, 0) is 28.6 Å². The van der Waals surface area contributed by atoms with Crippen LogP contribution in [0.3, 0.4) is 0 Å². The number of guanidine groups is 1. The number of benzene rings is 6. The molecule has 0 aliphatic carbocycles. The molecule has 0 fully saturated rings. The minimum Gasteiger partial charge on any atom is -1.00 e. The van der Waals surface area contributed by atoms with Crippen LogP contribution in [0.2, 0.25) is 0 Å². The van der Waals surface area contributed by atoms with Crippen molar-refractivity contribution < 1.29 is 116 Å². The normalized spacial score (nSPS) is 9.75. The first kappa shape index (κ1) is 106. The molecule has 102 heavy (non-hydrogen) atoms. The summed E-state index contributed by atoms with van der Waals surface area (Å²) in [5.74, 6) is -0.329. The van der Waals surface area contributed by atoms with Crippen molar-refractivity contribution in [2.75, 3.05) is 75.9 Å². The average molecular weight is 1810 g/mol. The van der Waals surface area contributed by atoms with Gasteiger partial charge in [-0.1, -0.05) is 217 Å². The fourth-order valence-electron chi connectivity index (χ4n) is 9.48. The third-order valence-electron chi connectivity index (χ3n) is 14.3. The first-order valence-electron chi connectivity index (χ1n) is 34.6. The smallest absolute Gasteiger partial charge is 0.305 e. The quantitative estimate of drug-likeness (QED) is 0.00402. The minimum atomic E-state index is -1.61. The maximum absolute atomic E-state index is 11.1. The fraction of sp³-hybridized carbons (Fsp3) is 0.429. The van der Waals surface area contributed by atoms with Crippen molar-refractivity contribution in [1.29, 1.82) is 10.8 Å². The van der Waals surface area contributed by atoms with Gasteiger partial charge in [0.25, 0.3) is 0 Å². The van der Waals surface area contributed by atoms with E-state index in [4.69, 9.17) is 31.8 Å². The lowest BCUT2D eigenvalue weighted by molar-refractivity contribution is -0.368. The van der Waals surface area contributed by atoms with Crippen LogP contribution in [-0.4, -0.2) is 120 Å². The molecule has 1 aromatic heterocycles. The maximum Gasteiger partial charge on any atom is 0.305 e. The molecular formula is C77H117Br5Cl2N10O6P2-2. The van der Waals surface area contributed by atoms with E-state index in [1.54, 1.807) is 25.4 Å². The number of halogens is 7. The van der Waals surface area contributed by atoms with Crippen LogP contribution < -0.4 is 136 Å². The highest BCUT2D eigenvalue weighted by molar-refractivity contribution is 9.09. The molecule has 16 nitrogen and oxygen atoms in total. The van der Waals surface area contributed by atoms with Crippen molar-refractivity contribution in [2.45, 2.75) is 137 Å². The number of ether oxygens (including phenoxy) is 3. The van der Waals surface area contributed by atoms with E-state index in [9.17, 15) is 14.4 Å². The summed E-state index contributed by atoms with van der Waals surface area (Å²) in [5, 5.41) is 31.9. The third-order valence-corrected chi connectivity index (χ3v) is 22.4. The molecule has 0 aliphatic heterocycles. The lowest BCUT2D eigenvalue weighted by Crippen LogP contribution is -3.00. The summed E-state index contributed by atoms with van der Waals surface area (Å²) in [5.41, 5.74) is 18.3. The van der Waals surface area contributed by atoms with Gasteiger partial charge < -0.3 is 123 Å². The van der Waals surface area contributed by atoms with Gasteiger partial charge in [-0.25, -0.2) is 4.68 Å². The number of esters is 3. The molecule has 25 heteroatoms. The van der Waals surface area contributed by atoms with Crippen molar-refractivity contribution in [3.05, 3.63) is 200 Å². The first-order chi connectivity index (χ1) is 47.3. The Labute approximate surface area is 674 Å². The molecule has 0 spiro atoms. The maximum atomic E-state index is 11.1. The van der Waals surface area contributed by atoms with Crippen molar-refractivity contribution in [3.8, 4) is 0 Å². The van der Waals surface area contributed by atoms with Gasteiger partial charge in [0.2, 0.25) is 5.96 Å². The number of hydrogen-bond donors (Lipinski definition) is 7. The zero-order valence-electron chi connectivity index (χ0n) is 60.8. The molecule has 6 aromatic carbocycles. The molecule has 0 saturated heterocycles.